The number of carbonyl (C=O) groups is 1. The number of rotatable bonds is 3. The highest BCUT2D eigenvalue weighted by Crippen LogP contribution is 2.22. The highest BCUT2D eigenvalue weighted by Gasteiger charge is 2.21. The van der Waals surface area contributed by atoms with E-state index in [1.165, 1.54) is 0 Å². The van der Waals surface area contributed by atoms with Crippen molar-refractivity contribution in [3.63, 3.8) is 0 Å². The Kier molecular flexibility index (Phi) is 4.06. The summed E-state index contributed by atoms with van der Waals surface area (Å²) >= 11 is 0. The van der Waals surface area contributed by atoms with Gasteiger partial charge in [0.05, 0.1) is 5.71 Å². The number of aromatic nitrogens is 2. The number of benzene rings is 2. The molecule has 1 amide bonds. The van der Waals surface area contributed by atoms with Crippen LogP contribution in [0.15, 0.2) is 47.6 Å². The number of aromatic amines is 1. The van der Waals surface area contributed by atoms with Crippen LogP contribution < -0.4 is 5.43 Å². The van der Waals surface area contributed by atoms with Crippen molar-refractivity contribution in [1.82, 2.24) is 15.6 Å². The van der Waals surface area contributed by atoms with Crippen LogP contribution in [0, 0.1) is 0 Å². The molecule has 0 spiro atoms. The smallest absolute Gasteiger partial charge is 0.281 e. The van der Waals surface area contributed by atoms with Crippen molar-refractivity contribution in [2.75, 3.05) is 0 Å². The first-order chi connectivity index (χ1) is 12.2. The van der Waals surface area contributed by atoms with Crippen molar-refractivity contribution in [2.24, 2.45) is 5.10 Å². The van der Waals surface area contributed by atoms with Gasteiger partial charge in [-0.25, -0.2) is 5.43 Å². The van der Waals surface area contributed by atoms with Gasteiger partial charge in [-0.3, -0.25) is 9.89 Å². The van der Waals surface area contributed by atoms with Crippen LogP contribution in [0.5, 0.6) is 0 Å². The Bertz CT molecular complexity index is 965. The molecule has 0 saturated heterocycles. The zero-order chi connectivity index (χ0) is 17.2. The van der Waals surface area contributed by atoms with Gasteiger partial charge in [0.1, 0.15) is 0 Å². The standard InChI is InChI=1S/C20H20N4O/c1-13(15-11-6-8-14-7-2-3-9-16(14)15)21-24-20(25)19-17-10-4-5-12-18(17)22-23-19/h2-3,6-9,11H,4-5,10,12H2,1H3,(H,22,23)(H,24,25)/b21-13+. The van der Waals surface area contributed by atoms with Crippen LogP contribution in [0.4, 0.5) is 0 Å². The van der Waals surface area contributed by atoms with Gasteiger partial charge in [-0.15, -0.1) is 0 Å². The number of nitrogens with zero attached hydrogens (tertiary/aromatic N) is 2. The Labute approximate surface area is 146 Å². The van der Waals surface area contributed by atoms with Gasteiger partial charge in [-0.1, -0.05) is 42.5 Å². The minimum atomic E-state index is -0.251. The predicted molar refractivity (Wildman–Crippen MR) is 98.9 cm³/mol. The molecule has 0 radical (unpaired) electrons. The molecule has 1 aliphatic carbocycles. The molecule has 0 atom stereocenters. The summed E-state index contributed by atoms with van der Waals surface area (Å²) in [5.41, 5.74) is 7.06. The van der Waals surface area contributed by atoms with Gasteiger partial charge in [0.2, 0.25) is 0 Å². The van der Waals surface area contributed by atoms with E-state index >= 15 is 0 Å². The van der Waals surface area contributed by atoms with E-state index in [2.05, 4.69) is 38.9 Å². The molecule has 1 heterocycles. The van der Waals surface area contributed by atoms with Crippen molar-refractivity contribution in [1.29, 1.82) is 0 Å². The highest BCUT2D eigenvalue weighted by atomic mass is 16.2. The molecule has 0 aliphatic heterocycles. The van der Waals surface area contributed by atoms with E-state index in [9.17, 15) is 4.79 Å². The van der Waals surface area contributed by atoms with Gasteiger partial charge in [0, 0.05) is 16.8 Å². The van der Waals surface area contributed by atoms with Crippen LogP contribution in [0.2, 0.25) is 0 Å². The fourth-order valence-electron chi connectivity index (χ4n) is 3.46. The maximum Gasteiger partial charge on any atom is 0.292 e. The van der Waals surface area contributed by atoms with Gasteiger partial charge in [-0.05, 0) is 43.4 Å². The molecule has 0 bridgehead atoms. The van der Waals surface area contributed by atoms with E-state index < -0.39 is 0 Å². The Morgan fingerprint density at radius 3 is 2.84 bits per heavy atom. The van der Waals surface area contributed by atoms with E-state index in [0.29, 0.717) is 5.69 Å². The Morgan fingerprint density at radius 2 is 1.92 bits per heavy atom. The van der Waals surface area contributed by atoms with E-state index in [-0.39, 0.29) is 5.91 Å². The zero-order valence-corrected chi connectivity index (χ0v) is 14.2. The van der Waals surface area contributed by atoms with Gasteiger partial charge in [0.15, 0.2) is 5.69 Å². The second kappa shape index (κ2) is 6.51. The third-order valence-electron chi connectivity index (χ3n) is 4.78. The largest absolute Gasteiger partial charge is 0.292 e. The summed E-state index contributed by atoms with van der Waals surface area (Å²) < 4.78 is 0. The maximum absolute atomic E-state index is 12.5. The first-order valence-electron chi connectivity index (χ1n) is 8.63. The summed E-state index contributed by atoms with van der Waals surface area (Å²) in [7, 11) is 0. The average molecular weight is 332 g/mol. The number of amides is 1. The number of aryl methyl sites for hydroxylation is 1. The molecule has 4 rings (SSSR count). The van der Waals surface area contributed by atoms with Crippen molar-refractivity contribution >= 4 is 22.4 Å². The summed E-state index contributed by atoms with van der Waals surface area (Å²) in [6.07, 6.45) is 4.12. The average Bonchev–Trinajstić information content (AvgIpc) is 3.09. The lowest BCUT2D eigenvalue weighted by Crippen LogP contribution is -2.21. The number of hydrogen-bond donors (Lipinski definition) is 2. The number of hydrazone groups is 1. The van der Waals surface area contributed by atoms with Crippen LogP contribution in [-0.2, 0) is 12.8 Å². The number of carbonyl (C=O) groups excluding carboxylic acids is 1. The van der Waals surface area contributed by atoms with Crippen LogP contribution in [0.25, 0.3) is 10.8 Å². The van der Waals surface area contributed by atoms with Crippen LogP contribution in [-0.4, -0.2) is 21.8 Å². The summed E-state index contributed by atoms with van der Waals surface area (Å²) in [4.78, 5) is 12.5. The van der Waals surface area contributed by atoms with Gasteiger partial charge in [-0.2, -0.15) is 10.2 Å². The molecule has 0 fully saturated rings. The van der Waals surface area contributed by atoms with Crippen LogP contribution in [0.3, 0.4) is 0 Å². The molecule has 25 heavy (non-hydrogen) atoms. The van der Waals surface area contributed by atoms with Crippen LogP contribution in [0.1, 0.15) is 47.1 Å². The molecule has 1 aromatic heterocycles. The normalized spacial score (nSPS) is 14.4. The van der Waals surface area contributed by atoms with E-state index in [1.54, 1.807) is 0 Å². The summed E-state index contributed by atoms with van der Waals surface area (Å²) in [6, 6.07) is 14.2. The van der Waals surface area contributed by atoms with Gasteiger partial charge in [0.25, 0.3) is 5.91 Å². The lowest BCUT2D eigenvalue weighted by molar-refractivity contribution is 0.0949. The predicted octanol–water partition coefficient (Wildman–Crippen LogP) is 3.60. The molecule has 5 heteroatoms. The lowest BCUT2D eigenvalue weighted by Gasteiger charge is -2.10. The second-order valence-corrected chi connectivity index (χ2v) is 6.40. The molecule has 2 aromatic carbocycles. The van der Waals surface area contributed by atoms with Gasteiger partial charge >= 0.3 is 0 Å². The molecule has 1 aliphatic rings. The third-order valence-corrected chi connectivity index (χ3v) is 4.78. The first-order valence-corrected chi connectivity index (χ1v) is 8.63. The fraction of sp³-hybridized carbons (Fsp3) is 0.250. The molecule has 2 N–H and O–H groups in total. The quantitative estimate of drug-likeness (QED) is 0.568. The highest BCUT2D eigenvalue weighted by molar-refractivity contribution is 6.10. The minimum Gasteiger partial charge on any atom is -0.281 e. The third kappa shape index (κ3) is 2.93. The number of nitrogens with one attached hydrogen (secondary N) is 2. The molecule has 126 valence electrons. The molecule has 0 saturated carbocycles. The van der Waals surface area contributed by atoms with Crippen molar-refractivity contribution in [3.8, 4) is 0 Å². The van der Waals surface area contributed by atoms with Crippen molar-refractivity contribution in [2.45, 2.75) is 32.6 Å². The van der Waals surface area contributed by atoms with Crippen LogP contribution >= 0.6 is 0 Å². The minimum absolute atomic E-state index is 0.251. The van der Waals surface area contributed by atoms with Gasteiger partial charge < -0.3 is 0 Å². The van der Waals surface area contributed by atoms with Crippen molar-refractivity contribution in [3.05, 3.63) is 65.0 Å². The van der Waals surface area contributed by atoms with Crippen molar-refractivity contribution < 1.29 is 4.79 Å². The molecule has 0 unspecified atom stereocenters. The molecular formula is C20H20N4O. The number of H-pyrrole nitrogens is 1. The lowest BCUT2D eigenvalue weighted by atomic mass is 9.96. The molecule has 5 nitrogen and oxygen atoms in total. The second-order valence-electron chi connectivity index (χ2n) is 6.40. The Hall–Kier alpha value is -2.95. The monoisotopic (exact) mass is 332 g/mol. The van der Waals surface area contributed by atoms with E-state index in [1.807, 2.05) is 31.2 Å². The maximum atomic E-state index is 12.5. The first kappa shape index (κ1) is 15.6. The van der Waals surface area contributed by atoms with E-state index in [4.69, 9.17) is 0 Å². The molecule has 3 aromatic rings. The Balaban J connectivity index is 1.58. The summed E-state index contributed by atoms with van der Waals surface area (Å²) in [5.74, 6) is -0.251. The number of fused-ring (bicyclic) bond motifs is 2. The topological polar surface area (TPSA) is 70.1 Å². The van der Waals surface area contributed by atoms with E-state index in [0.717, 1.165) is 59.0 Å². The fourth-order valence-corrected chi connectivity index (χ4v) is 3.46. The molecular weight excluding hydrogens is 312 g/mol. The SMILES string of the molecule is C/C(=N\NC(=O)c1n[nH]c2c1CCCC2)c1cccc2ccccc12. The summed E-state index contributed by atoms with van der Waals surface area (Å²) in [6.45, 7) is 1.90. The zero-order valence-electron chi connectivity index (χ0n) is 14.2. The number of hydrogen-bond acceptors (Lipinski definition) is 3. The summed E-state index contributed by atoms with van der Waals surface area (Å²) in [5, 5.41) is 13.8. The Morgan fingerprint density at radius 1 is 1.12 bits per heavy atom.